The van der Waals surface area contributed by atoms with Crippen molar-refractivity contribution in [2.24, 2.45) is 11.8 Å². The summed E-state index contributed by atoms with van der Waals surface area (Å²) in [6, 6.07) is 9.03. The lowest BCUT2D eigenvalue weighted by Crippen LogP contribution is -2.45. The maximum Gasteiger partial charge on any atom is 0.0622 e. The second kappa shape index (κ2) is 6.40. The summed E-state index contributed by atoms with van der Waals surface area (Å²) < 4.78 is 12.2. The zero-order chi connectivity index (χ0) is 16.0. The highest BCUT2D eigenvalue weighted by molar-refractivity contribution is 8.00. The predicted molar refractivity (Wildman–Crippen MR) is 94.8 cm³/mol. The lowest BCUT2D eigenvalue weighted by molar-refractivity contribution is -0.0904. The average Bonchev–Trinajstić information content (AvgIpc) is 3.12. The molecule has 1 aromatic carbocycles. The van der Waals surface area contributed by atoms with Gasteiger partial charge in [-0.1, -0.05) is 24.3 Å². The molecule has 126 valence electrons. The monoisotopic (exact) mass is 333 g/mol. The van der Waals surface area contributed by atoms with Crippen LogP contribution in [-0.2, 0) is 9.47 Å². The lowest BCUT2D eigenvalue weighted by atomic mass is 9.66. The quantitative estimate of drug-likeness (QED) is 0.822. The van der Waals surface area contributed by atoms with Crippen molar-refractivity contribution in [3.63, 3.8) is 0 Å². The number of methoxy groups -OCH3 is 1. The summed E-state index contributed by atoms with van der Waals surface area (Å²) in [5.74, 6) is 1.23. The molecule has 2 heterocycles. The highest BCUT2D eigenvalue weighted by atomic mass is 32.2. The van der Waals surface area contributed by atoms with Crippen LogP contribution in [0.5, 0.6) is 0 Å². The molecule has 2 fully saturated rings. The summed E-state index contributed by atoms with van der Waals surface area (Å²) >= 11 is 2.16. The number of fused-ring (bicyclic) bond motifs is 8. The molecule has 1 saturated heterocycles. The third kappa shape index (κ3) is 2.64. The van der Waals surface area contributed by atoms with E-state index in [2.05, 4.69) is 55.0 Å². The second-order valence-corrected chi connectivity index (χ2v) is 8.61. The molecular formula is C19H27NO2S. The number of benzene rings is 1. The SMILES string of the molecule is CO[C@H]1CC[C@@H](OCCN(C)C)[C@@H]2[C@H]1[C@H]1S[C@@H]2c2ccccc21. The van der Waals surface area contributed by atoms with Crippen molar-refractivity contribution in [2.45, 2.75) is 35.5 Å². The summed E-state index contributed by atoms with van der Waals surface area (Å²) in [6.45, 7) is 1.83. The van der Waals surface area contributed by atoms with Crippen molar-refractivity contribution in [1.29, 1.82) is 0 Å². The molecule has 23 heavy (non-hydrogen) atoms. The molecule has 4 heteroatoms. The number of hydrogen-bond donors (Lipinski definition) is 0. The Morgan fingerprint density at radius 1 is 1.04 bits per heavy atom. The average molecular weight is 333 g/mol. The fourth-order valence-electron chi connectivity index (χ4n) is 4.79. The Hall–Kier alpha value is -0.550. The van der Waals surface area contributed by atoms with Crippen LogP contribution in [0.3, 0.4) is 0 Å². The Labute approximate surface area is 143 Å². The minimum Gasteiger partial charge on any atom is -0.381 e. The number of thioether (sulfide) groups is 1. The molecule has 1 aromatic rings. The van der Waals surface area contributed by atoms with E-state index in [1.54, 1.807) is 11.1 Å². The van der Waals surface area contributed by atoms with Crippen LogP contribution in [-0.4, -0.2) is 51.5 Å². The van der Waals surface area contributed by atoms with E-state index in [1.165, 1.54) is 0 Å². The van der Waals surface area contributed by atoms with Crippen molar-refractivity contribution in [1.82, 2.24) is 4.90 Å². The zero-order valence-electron chi connectivity index (χ0n) is 14.3. The van der Waals surface area contributed by atoms with Crippen LogP contribution in [0, 0.1) is 11.8 Å². The summed E-state index contributed by atoms with van der Waals surface area (Å²) in [7, 11) is 6.10. The van der Waals surface area contributed by atoms with Gasteiger partial charge in [-0.2, -0.15) is 0 Å². The Balaban J connectivity index is 1.58. The van der Waals surface area contributed by atoms with E-state index in [0.717, 1.165) is 26.0 Å². The molecule has 1 aliphatic carbocycles. The summed E-state index contributed by atoms with van der Waals surface area (Å²) in [4.78, 5) is 2.20. The smallest absolute Gasteiger partial charge is 0.0622 e. The van der Waals surface area contributed by atoms with Gasteiger partial charge in [0, 0.05) is 36.0 Å². The van der Waals surface area contributed by atoms with Crippen LogP contribution in [0.2, 0.25) is 0 Å². The van der Waals surface area contributed by atoms with E-state index >= 15 is 0 Å². The molecule has 2 bridgehead atoms. The fraction of sp³-hybridized carbons (Fsp3) is 0.684. The topological polar surface area (TPSA) is 21.7 Å². The highest BCUT2D eigenvalue weighted by Crippen LogP contribution is 2.69. The Morgan fingerprint density at radius 3 is 2.26 bits per heavy atom. The predicted octanol–water partition coefficient (Wildman–Crippen LogP) is 3.52. The maximum atomic E-state index is 6.36. The van der Waals surface area contributed by atoms with Crippen molar-refractivity contribution in [3.8, 4) is 0 Å². The van der Waals surface area contributed by atoms with Gasteiger partial charge < -0.3 is 14.4 Å². The molecule has 0 N–H and O–H groups in total. The standard InChI is InChI=1S/C19H27NO2S/c1-20(2)10-11-22-15-9-8-14(21-3)16-17(15)19-13-7-5-4-6-12(13)18(16)23-19/h4-7,14-19H,8-11H2,1-3H3/t14-,15+,16-,17+,18-,19+/m0/s1. The second-order valence-electron chi connectivity index (χ2n) is 7.32. The molecule has 0 unspecified atom stereocenters. The van der Waals surface area contributed by atoms with Crippen LogP contribution in [0.15, 0.2) is 24.3 Å². The van der Waals surface area contributed by atoms with Gasteiger partial charge in [0.2, 0.25) is 0 Å². The Bertz CT molecular complexity index is 564. The molecular weight excluding hydrogens is 306 g/mol. The number of likely N-dealkylation sites (N-methyl/N-ethyl adjacent to an activating group) is 1. The third-order valence-electron chi connectivity index (χ3n) is 5.81. The molecule has 0 spiro atoms. The maximum absolute atomic E-state index is 6.36. The highest BCUT2D eigenvalue weighted by Gasteiger charge is 2.58. The van der Waals surface area contributed by atoms with E-state index in [9.17, 15) is 0 Å². The summed E-state index contributed by atoms with van der Waals surface area (Å²) in [5.41, 5.74) is 3.11. The van der Waals surface area contributed by atoms with Gasteiger partial charge in [-0.05, 0) is 38.1 Å². The van der Waals surface area contributed by atoms with E-state index < -0.39 is 0 Å². The van der Waals surface area contributed by atoms with Crippen molar-refractivity contribution in [3.05, 3.63) is 35.4 Å². The molecule has 1 saturated carbocycles. The summed E-state index contributed by atoms with van der Waals surface area (Å²) in [5, 5.41) is 1.20. The largest absolute Gasteiger partial charge is 0.381 e. The number of rotatable bonds is 5. The first kappa shape index (κ1) is 15.9. The normalized spacial score (nSPS) is 37.9. The van der Waals surface area contributed by atoms with Crippen LogP contribution >= 0.6 is 11.8 Å². The summed E-state index contributed by atoms with van der Waals surface area (Å²) in [6.07, 6.45) is 3.06. The first-order valence-corrected chi connectivity index (χ1v) is 9.68. The van der Waals surface area contributed by atoms with Gasteiger partial charge in [-0.3, -0.25) is 0 Å². The van der Waals surface area contributed by atoms with Gasteiger partial charge in [0.05, 0.1) is 18.8 Å². The van der Waals surface area contributed by atoms with E-state index in [0.29, 0.717) is 34.5 Å². The Kier molecular flexibility index (Phi) is 4.43. The minimum atomic E-state index is 0.391. The van der Waals surface area contributed by atoms with Crippen molar-refractivity contribution < 1.29 is 9.47 Å². The van der Waals surface area contributed by atoms with Crippen LogP contribution in [0.4, 0.5) is 0 Å². The van der Waals surface area contributed by atoms with E-state index in [4.69, 9.17) is 9.47 Å². The number of hydrogen-bond acceptors (Lipinski definition) is 4. The number of nitrogens with zero attached hydrogens (tertiary/aromatic N) is 1. The lowest BCUT2D eigenvalue weighted by Gasteiger charge is -2.44. The van der Waals surface area contributed by atoms with Gasteiger partial charge in [-0.25, -0.2) is 0 Å². The molecule has 0 radical (unpaired) electrons. The minimum absolute atomic E-state index is 0.391. The molecule has 0 aromatic heterocycles. The van der Waals surface area contributed by atoms with E-state index in [-0.39, 0.29) is 0 Å². The molecule has 2 aliphatic heterocycles. The van der Waals surface area contributed by atoms with Crippen molar-refractivity contribution in [2.75, 3.05) is 34.4 Å². The first-order chi connectivity index (χ1) is 11.2. The van der Waals surface area contributed by atoms with Crippen LogP contribution in [0.25, 0.3) is 0 Å². The molecule has 4 rings (SSSR count). The van der Waals surface area contributed by atoms with Gasteiger partial charge >= 0.3 is 0 Å². The zero-order valence-corrected chi connectivity index (χ0v) is 15.1. The van der Waals surface area contributed by atoms with Gasteiger partial charge in [0.25, 0.3) is 0 Å². The van der Waals surface area contributed by atoms with E-state index in [1.807, 2.05) is 7.11 Å². The Morgan fingerprint density at radius 2 is 1.65 bits per heavy atom. The van der Waals surface area contributed by atoms with Crippen LogP contribution < -0.4 is 0 Å². The van der Waals surface area contributed by atoms with Gasteiger partial charge in [-0.15, -0.1) is 11.8 Å². The fourth-order valence-corrected chi connectivity index (χ4v) is 6.90. The number of ether oxygens (including phenoxy) is 2. The first-order valence-electron chi connectivity index (χ1n) is 8.74. The third-order valence-corrected chi connectivity index (χ3v) is 7.54. The molecule has 3 nitrogen and oxygen atoms in total. The van der Waals surface area contributed by atoms with Crippen LogP contribution in [0.1, 0.15) is 34.5 Å². The molecule has 0 amide bonds. The molecule has 3 aliphatic rings. The van der Waals surface area contributed by atoms with Gasteiger partial charge in [0.1, 0.15) is 0 Å². The van der Waals surface area contributed by atoms with Crippen molar-refractivity contribution >= 4 is 11.8 Å². The van der Waals surface area contributed by atoms with Gasteiger partial charge in [0.15, 0.2) is 0 Å². The molecule has 6 atom stereocenters.